The molecule has 4 rings (SSSR count). The van der Waals surface area contributed by atoms with Crippen molar-refractivity contribution in [3.63, 3.8) is 0 Å². The summed E-state index contributed by atoms with van der Waals surface area (Å²) in [4.78, 5) is 26.7. The van der Waals surface area contributed by atoms with E-state index >= 15 is 0 Å². The van der Waals surface area contributed by atoms with Crippen LogP contribution in [0.3, 0.4) is 0 Å². The van der Waals surface area contributed by atoms with Crippen molar-refractivity contribution in [2.75, 3.05) is 31.1 Å². The first-order valence-electron chi connectivity index (χ1n) is 7.86. The third-order valence-corrected chi connectivity index (χ3v) is 5.65. The number of nitrogens with zero attached hydrogens (tertiary/aromatic N) is 4. The van der Waals surface area contributed by atoms with Crippen LogP contribution in [0.15, 0.2) is 47.6 Å². The fourth-order valence-electron chi connectivity index (χ4n) is 3.10. The predicted molar refractivity (Wildman–Crippen MR) is 90.6 cm³/mol. The van der Waals surface area contributed by atoms with Crippen LogP contribution >= 0.6 is 11.8 Å². The second-order valence-electron chi connectivity index (χ2n) is 5.78. The van der Waals surface area contributed by atoms with Crippen LogP contribution in [-0.4, -0.2) is 52.2 Å². The van der Waals surface area contributed by atoms with Crippen LogP contribution in [0.4, 0.5) is 5.95 Å². The van der Waals surface area contributed by atoms with E-state index in [-0.39, 0.29) is 11.2 Å². The molecule has 6 heteroatoms. The van der Waals surface area contributed by atoms with Crippen molar-refractivity contribution >= 4 is 23.6 Å². The molecule has 1 aromatic heterocycles. The molecule has 23 heavy (non-hydrogen) atoms. The van der Waals surface area contributed by atoms with Gasteiger partial charge in [-0.1, -0.05) is 18.2 Å². The van der Waals surface area contributed by atoms with Gasteiger partial charge < -0.3 is 9.80 Å². The zero-order valence-electron chi connectivity index (χ0n) is 12.8. The highest BCUT2D eigenvalue weighted by Crippen LogP contribution is 2.37. The van der Waals surface area contributed by atoms with Crippen LogP contribution in [0.25, 0.3) is 0 Å². The molecule has 1 amide bonds. The van der Waals surface area contributed by atoms with Crippen LogP contribution in [-0.2, 0) is 11.2 Å². The molecule has 0 saturated carbocycles. The number of hydrogen-bond acceptors (Lipinski definition) is 5. The lowest BCUT2D eigenvalue weighted by atomic mass is 10.1. The fourth-order valence-corrected chi connectivity index (χ4v) is 4.38. The molecule has 0 unspecified atom stereocenters. The number of thioether (sulfide) groups is 1. The van der Waals surface area contributed by atoms with E-state index < -0.39 is 0 Å². The number of hydrogen-bond donors (Lipinski definition) is 0. The first-order chi connectivity index (χ1) is 11.3. The molecule has 0 bridgehead atoms. The quantitative estimate of drug-likeness (QED) is 0.843. The van der Waals surface area contributed by atoms with Gasteiger partial charge in [-0.2, -0.15) is 0 Å². The third-order valence-electron chi connectivity index (χ3n) is 4.35. The number of benzene rings is 1. The Kier molecular flexibility index (Phi) is 3.91. The standard InChI is InChI=1S/C17H18N4OS/c22-16(15-12-13-4-1-2-5-14(13)23-15)20-8-10-21(11-9-20)17-18-6-3-7-19-17/h1-7,15H,8-12H2/t15-/m1/s1. The number of aromatic nitrogens is 2. The van der Waals surface area contributed by atoms with Crippen molar-refractivity contribution in [1.29, 1.82) is 0 Å². The number of amides is 1. The molecule has 3 heterocycles. The minimum absolute atomic E-state index is 0.0342. The van der Waals surface area contributed by atoms with Gasteiger partial charge in [0.2, 0.25) is 11.9 Å². The Balaban J connectivity index is 1.37. The molecule has 1 aromatic carbocycles. The predicted octanol–water partition coefficient (Wildman–Crippen LogP) is 1.84. The minimum Gasteiger partial charge on any atom is -0.338 e. The first-order valence-corrected chi connectivity index (χ1v) is 8.74. The normalized spacial score (nSPS) is 20.4. The molecule has 2 aromatic rings. The monoisotopic (exact) mass is 326 g/mol. The summed E-state index contributed by atoms with van der Waals surface area (Å²) in [6.07, 6.45) is 4.36. The van der Waals surface area contributed by atoms with Gasteiger partial charge >= 0.3 is 0 Å². The van der Waals surface area contributed by atoms with Crippen molar-refractivity contribution in [1.82, 2.24) is 14.9 Å². The van der Waals surface area contributed by atoms with Crippen molar-refractivity contribution < 1.29 is 4.79 Å². The second kappa shape index (κ2) is 6.20. The van der Waals surface area contributed by atoms with Crippen LogP contribution in [0.1, 0.15) is 5.56 Å². The molecule has 1 atom stereocenters. The van der Waals surface area contributed by atoms with Crippen LogP contribution in [0, 0.1) is 0 Å². The Morgan fingerprint density at radius 1 is 1.04 bits per heavy atom. The topological polar surface area (TPSA) is 49.3 Å². The van der Waals surface area contributed by atoms with E-state index in [2.05, 4.69) is 27.0 Å². The Bertz CT molecular complexity index is 676. The Labute approximate surface area is 139 Å². The fraction of sp³-hybridized carbons (Fsp3) is 0.353. The maximum absolute atomic E-state index is 12.8. The number of anilines is 1. The summed E-state index contributed by atoms with van der Waals surface area (Å²) in [7, 11) is 0. The average Bonchev–Trinajstić information content (AvgIpc) is 3.06. The number of carbonyl (C=O) groups excluding carboxylic acids is 1. The molecule has 118 valence electrons. The van der Waals surface area contributed by atoms with Gasteiger partial charge in [0.25, 0.3) is 0 Å². The van der Waals surface area contributed by atoms with E-state index in [0.29, 0.717) is 0 Å². The highest BCUT2D eigenvalue weighted by atomic mass is 32.2. The van der Waals surface area contributed by atoms with E-state index in [1.165, 1.54) is 10.5 Å². The summed E-state index contributed by atoms with van der Waals surface area (Å²) in [6.45, 7) is 3.06. The Hall–Kier alpha value is -2.08. The summed E-state index contributed by atoms with van der Waals surface area (Å²) >= 11 is 1.71. The summed E-state index contributed by atoms with van der Waals surface area (Å²) in [5.74, 6) is 1.02. The maximum Gasteiger partial charge on any atom is 0.236 e. The highest BCUT2D eigenvalue weighted by molar-refractivity contribution is 8.01. The second-order valence-corrected chi connectivity index (χ2v) is 7.02. The maximum atomic E-state index is 12.8. The summed E-state index contributed by atoms with van der Waals surface area (Å²) in [6, 6.07) is 10.1. The lowest BCUT2D eigenvalue weighted by Crippen LogP contribution is -2.51. The molecule has 5 nitrogen and oxygen atoms in total. The smallest absolute Gasteiger partial charge is 0.236 e. The van der Waals surface area contributed by atoms with Gasteiger partial charge in [-0.3, -0.25) is 4.79 Å². The highest BCUT2D eigenvalue weighted by Gasteiger charge is 2.33. The summed E-state index contributed by atoms with van der Waals surface area (Å²) < 4.78 is 0. The van der Waals surface area contributed by atoms with Gasteiger partial charge in [-0.25, -0.2) is 9.97 Å². The number of carbonyl (C=O) groups is 1. The molecule has 1 saturated heterocycles. The molecule has 1 fully saturated rings. The lowest BCUT2D eigenvalue weighted by Gasteiger charge is -2.35. The Morgan fingerprint density at radius 3 is 2.52 bits per heavy atom. The third kappa shape index (κ3) is 2.91. The number of fused-ring (bicyclic) bond motifs is 1. The van der Waals surface area contributed by atoms with Gasteiger partial charge in [-0.05, 0) is 24.1 Å². The van der Waals surface area contributed by atoms with Crippen molar-refractivity contribution in [2.45, 2.75) is 16.6 Å². The zero-order valence-corrected chi connectivity index (χ0v) is 13.6. The summed E-state index contributed by atoms with van der Waals surface area (Å²) in [5, 5.41) is 0.0342. The van der Waals surface area contributed by atoms with E-state index in [1.807, 2.05) is 23.1 Å². The molecule has 0 spiro atoms. The lowest BCUT2D eigenvalue weighted by molar-refractivity contribution is -0.130. The number of rotatable bonds is 2. The van der Waals surface area contributed by atoms with E-state index in [0.717, 1.165) is 38.5 Å². The zero-order chi connectivity index (χ0) is 15.6. The van der Waals surface area contributed by atoms with Gasteiger partial charge in [0, 0.05) is 43.5 Å². The van der Waals surface area contributed by atoms with E-state index in [9.17, 15) is 4.79 Å². The average molecular weight is 326 g/mol. The van der Waals surface area contributed by atoms with Crippen molar-refractivity contribution in [3.8, 4) is 0 Å². The first kappa shape index (κ1) is 14.5. The van der Waals surface area contributed by atoms with Gasteiger partial charge in [-0.15, -0.1) is 11.8 Å². The van der Waals surface area contributed by atoms with E-state index in [1.54, 1.807) is 24.2 Å². The SMILES string of the molecule is O=C([C@H]1Cc2ccccc2S1)N1CCN(c2ncccn2)CC1. The molecule has 0 aliphatic carbocycles. The number of piperazine rings is 1. The molecule has 2 aliphatic heterocycles. The van der Waals surface area contributed by atoms with Gasteiger partial charge in [0.05, 0.1) is 5.25 Å². The summed E-state index contributed by atoms with van der Waals surface area (Å²) in [5.41, 5.74) is 1.30. The largest absolute Gasteiger partial charge is 0.338 e. The van der Waals surface area contributed by atoms with E-state index in [4.69, 9.17) is 0 Å². The van der Waals surface area contributed by atoms with Crippen molar-refractivity contribution in [3.05, 3.63) is 48.3 Å². The van der Waals surface area contributed by atoms with Crippen molar-refractivity contribution in [2.24, 2.45) is 0 Å². The van der Waals surface area contributed by atoms with Crippen LogP contribution in [0.5, 0.6) is 0 Å². The Morgan fingerprint density at radius 2 is 1.78 bits per heavy atom. The molecular weight excluding hydrogens is 308 g/mol. The molecular formula is C17H18N4OS. The molecule has 0 N–H and O–H groups in total. The van der Waals surface area contributed by atoms with Gasteiger partial charge in [0.1, 0.15) is 0 Å². The van der Waals surface area contributed by atoms with Gasteiger partial charge in [0.15, 0.2) is 0 Å². The van der Waals surface area contributed by atoms with Crippen LogP contribution < -0.4 is 4.90 Å². The molecule has 2 aliphatic rings. The molecule has 0 radical (unpaired) electrons. The van der Waals surface area contributed by atoms with Crippen LogP contribution in [0.2, 0.25) is 0 Å². The minimum atomic E-state index is 0.0342.